The van der Waals surface area contributed by atoms with Crippen molar-refractivity contribution in [2.45, 2.75) is 71.8 Å². The fourth-order valence-corrected chi connectivity index (χ4v) is 2.98. The summed E-state index contributed by atoms with van der Waals surface area (Å²) in [6.45, 7) is 5.86. The molecule has 0 saturated carbocycles. The Morgan fingerprint density at radius 2 is 1.35 bits per heavy atom. The lowest BCUT2D eigenvalue weighted by Crippen LogP contribution is -2.47. The van der Waals surface area contributed by atoms with Crippen LogP contribution in [0, 0.1) is 5.41 Å². The Kier molecular flexibility index (Phi) is 21.0. The molecule has 1 atom stereocenters. The lowest BCUT2D eigenvalue weighted by molar-refractivity contribution is -0.152. The minimum atomic E-state index is -1.38. The van der Waals surface area contributed by atoms with Crippen molar-refractivity contribution in [3.8, 4) is 0 Å². The van der Waals surface area contributed by atoms with Gasteiger partial charge in [-0.3, -0.25) is 14.4 Å². The van der Waals surface area contributed by atoms with E-state index in [1.165, 1.54) is 0 Å². The molecule has 0 bridgehead atoms. The second-order valence-electron chi connectivity index (χ2n) is 9.08. The van der Waals surface area contributed by atoms with Crippen LogP contribution in [-0.2, 0) is 19.1 Å². The van der Waals surface area contributed by atoms with Crippen LogP contribution >= 0.6 is 12.6 Å². The summed E-state index contributed by atoms with van der Waals surface area (Å²) in [6.07, 6.45) is 24.1. The maximum absolute atomic E-state index is 12.2. The van der Waals surface area contributed by atoms with Gasteiger partial charge in [-0.15, -0.1) is 0 Å². The lowest BCUT2D eigenvalue weighted by atomic mass is 9.87. The van der Waals surface area contributed by atoms with Crippen LogP contribution in [0.4, 0.5) is 0 Å². The maximum atomic E-state index is 12.2. The smallest absolute Gasteiger partial charge is 0.309 e. The summed E-state index contributed by atoms with van der Waals surface area (Å²) >= 11 is 4.01. The van der Waals surface area contributed by atoms with Gasteiger partial charge in [-0.1, -0.05) is 81.5 Å². The van der Waals surface area contributed by atoms with Crippen molar-refractivity contribution in [1.82, 2.24) is 10.6 Å². The Morgan fingerprint density at radius 3 is 1.86 bits per heavy atom. The summed E-state index contributed by atoms with van der Waals surface area (Å²) in [5.41, 5.74) is -0.976. The Hall–Kier alpha value is -2.58. The number of nitrogens with one attached hydrogen (secondary N) is 2. The van der Waals surface area contributed by atoms with E-state index in [2.05, 4.69) is 72.7 Å². The number of allylic oxidation sites excluding steroid dienone is 9. The van der Waals surface area contributed by atoms with Gasteiger partial charge in [0.1, 0.15) is 6.10 Å². The van der Waals surface area contributed by atoms with E-state index >= 15 is 0 Å². The van der Waals surface area contributed by atoms with E-state index in [0.29, 0.717) is 12.3 Å². The monoisotopic (exact) mass is 534 g/mol. The summed E-state index contributed by atoms with van der Waals surface area (Å²) in [7, 11) is 0. The predicted molar refractivity (Wildman–Crippen MR) is 154 cm³/mol. The highest BCUT2D eigenvalue weighted by atomic mass is 32.1. The molecule has 2 amide bonds. The van der Waals surface area contributed by atoms with Crippen LogP contribution in [0.25, 0.3) is 0 Å². The number of hydrogen-bond acceptors (Lipinski definition) is 6. The number of carbonyl (C=O) groups excluding carboxylic acids is 3. The van der Waals surface area contributed by atoms with Crippen LogP contribution in [0.3, 0.4) is 0 Å². The minimum absolute atomic E-state index is 0.104. The molecule has 0 fully saturated rings. The number of thiol groups is 1. The Balaban J connectivity index is 4.08. The number of hydrogen-bond donors (Lipinski definition) is 4. The molecule has 1 unspecified atom stereocenters. The summed E-state index contributed by atoms with van der Waals surface area (Å²) in [4.78, 5) is 35.7. The van der Waals surface area contributed by atoms with Gasteiger partial charge in [0.15, 0.2) is 0 Å². The van der Waals surface area contributed by atoms with E-state index in [9.17, 15) is 19.5 Å². The van der Waals surface area contributed by atoms with Crippen molar-refractivity contribution in [3.63, 3.8) is 0 Å². The van der Waals surface area contributed by atoms with Crippen molar-refractivity contribution in [1.29, 1.82) is 0 Å². The Bertz CT molecular complexity index is 800. The zero-order valence-electron chi connectivity index (χ0n) is 22.7. The minimum Gasteiger partial charge on any atom is -0.465 e. The van der Waals surface area contributed by atoms with E-state index in [-0.39, 0.29) is 31.9 Å². The molecule has 0 saturated heterocycles. The van der Waals surface area contributed by atoms with Crippen molar-refractivity contribution >= 4 is 30.4 Å². The van der Waals surface area contributed by atoms with Crippen molar-refractivity contribution in [3.05, 3.63) is 60.8 Å². The zero-order valence-corrected chi connectivity index (χ0v) is 23.6. The lowest BCUT2D eigenvalue weighted by Gasteiger charge is -2.28. The molecule has 3 N–H and O–H groups in total. The van der Waals surface area contributed by atoms with Gasteiger partial charge in [0.25, 0.3) is 0 Å². The number of ether oxygens (including phenoxy) is 1. The topological polar surface area (TPSA) is 105 Å². The van der Waals surface area contributed by atoms with E-state index in [0.717, 1.165) is 32.1 Å². The highest BCUT2D eigenvalue weighted by molar-refractivity contribution is 7.80. The van der Waals surface area contributed by atoms with Gasteiger partial charge in [-0.05, 0) is 32.1 Å². The largest absolute Gasteiger partial charge is 0.465 e. The first-order chi connectivity index (χ1) is 17.7. The first-order valence-electron chi connectivity index (χ1n) is 13.0. The van der Waals surface area contributed by atoms with Crippen LogP contribution in [0.15, 0.2) is 60.8 Å². The number of carbonyl (C=O) groups is 3. The first-order valence-corrected chi connectivity index (χ1v) is 13.6. The van der Waals surface area contributed by atoms with Gasteiger partial charge in [0.05, 0.1) is 13.0 Å². The molecule has 0 aliphatic carbocycles. The van der Waals surface area contributed by atoms with Crippen LogP contribution in [0.5, 0.6) is 0 Å². The quantitative estimate of drug-likeness (QED) is 0.104. The van der Waals surface area contributed by atoms with Gasteiger partial charge in [-0.2, -0.15) is 12.6 Å². The molecule has 0 aliphatic heterocycles. The molecule has 0 aromatic carbocycles. The third-order valence-electron chi connectivity index (χ3n) is 5.12. The van der Waals surface area contributed by atoms with Gasteiger partial charge in [0, 0.05) is 30.7 Å². The van der Waals surface area contributed by atoms with Crippen molar-refractivity contribution in [2.24, 2.45) is 5.41 Å². The van der Waals surface area contributed by atoms with Crippen LogP contribution < -0.4 is 10.6 Å². The molecule has 7 nitrogen and oxygen atoms in total. The highest BCUT2D eigenvalue weighted by Crippen LogP contribution is 2.21. The highest BCUT2D eigenvalue weighted by Gasteiger charge is 2.34. The molecular formula is C29H46N2O5S. The fourth-order valence-electron chi connectivity index (χ4n) is 2.87. The molecular weight excluding hydrogens is 488 g/mol. The van der Waals surface area contributed by atoms with Crippen LogP contribution in [0.2, 0.25) is 0 Å². The average molecular weight is 535 g/mol. The average Bonchev–Trinajstić information content (AvgIpc) is 2.87. The number of amides is 2. The molecule has 37 heavy (non-hydrogen) atoms. The summed E-state index contributed by atoms with van der Waals surface area (Å²) in [5, 5.41) is 15.5. The maximum Gasteiger partial charge on any atom is 0.309 e. The van der Waals surface area contributed by atoms with E-state index in [4.69, 9.17) is 4.74 Å². The first kappa shape index (κ1) is 34.4. The second-order valence-corrected chi connectivity index (χ2v) is 9.53. The molecule has 0 aliphatic rings. The van der Waals surface area contributed by atoms with E-state index in [1.54, 1.807) is 19.9 Å². The van der Waals surface area contributed by atoms with Gasteiger partial charge < -0.3 is 20.5 Å². The molecule has 0 aromatic heterocycles. The third kappa shape index (κ3) is 20.2. The molecule has 0 spiro atoms. The number of rotatable bonds is 20. The zero-order chi connectivity index (χ0) is 27.8. The molecule has 0 rings (SSSR count). The van der Waals surface area contributed by atoms with Crippen LogP contribution in [0.1, 0.15) is 65.7 Å². The molecule has 208 valence electrons. The second kappa shape index (κ2) is 22.6. The third-order valence-corrected chi connectivity index (χ3v) is 5.34. The fraction of sp³-hybridized carbons (Fsp3) is 0.552. The normalized spacial score (nSPS) is 13.3. The van der Waals surface area contributed by atoms with Gasteiger partial charge >= 0.3 is 5.97 Å². The Morgan fingerprint density at radius 1 is 0.838 bits per heavy atom. The number of aliphatic hydroxyl groups excluding tert-OH is 1. The van der Waals surface area contributed by atoms with Crippen LogP contribution in [-0.4, -0.2) is 54.4 Å². The molecule has 0 aromatic rings. The van der Waals surface area contributed by atoms with Crippen molar-refractivity contribution in [2.75, 3.05) is 25.4 Å². The van der Waals surface area contributed by atoms with Gasteiger partial charge in [-0.25, -0.2) is 0 Å². The standard InChI is InChI=1S/C29H46N2O5S/c1-4-5-6-7-8-9-10-11-12-13-14-15-16-17-18-19-26(33)36-24-29(2,3)27(34)28(35)31-21-20-25(32)30-22-23-37/h5-6,8-9,11-12,14-15,17-18,27,34,37H,4,7,10,13,16,19-24H2,1-3H3,(H,30,32)(H,31,35)/b6-5-,9-8-,12-11-,15-14-,18-17-. The van der Waals surface area contributed by atoms with E-state index < -0.39 is 23.4 Å². The van der Waals surface area contributed by atoms with E-state index in [1.807, 2.05) is 12.2 Å². The van der Waals surface area contributed by atoms with Gasteiger partial charge in [0.2, 0.25) is 11.8 Å². The number of aliphatic hydroxyl groups is 1. The molecule has 0 radical (unpaired) electrons. The summed E-state index contributed by atoms with van der Waals surface area (Å²) < 4.78 is 5.25. The number of esters is 1. The van der Waals surface area contributed by atoms with Crippen molar-refractivity contribution < 1.29 is 24.2 Å². The SMILES string of the molecule is CC/C=C\C/C=C\C/C=C\C/C=C\C/C=C\CC(=O)OCC(C)(C)C(O)C(=O)NCCC(=O)NCCS. The molecule has 8 heteroatoms. The molecule has 0 heterocycles. The predicted octanol–water partition coefficient (Wildman–Crippen LogP) is 4.61. The Labute approximate surface area is 228 Å². The summed E-state index contributed by atoms with van der Waals surface area (Å²) in [5.74, 6) is -0.707. The summed E-state index contributed by atoms with van der Waals surface area (Å²) in [6, 6.07) is 0.